The second-order valence-corrected chi connectivity index (χ2v) is 5.52. The van der Waals surface area contributed by atoms with Crippen molar-refractivity contribution in [3.8, 4) is 5.75 Å². The summed E-state index contributed by atoms with van der Waals surface area (Å²) in [5.74, 6) is 1.25. The van der Waals surface area contributed by atoms with Crippen molar-refractivity contribution in [2.24, 2.45) is 0 Å². The molecule has 2 aromatic carbocycles. The number of nitrogens with one attached hydrogen (secondary N) is 1. The lowest BCUT2D eigenvalue weighted by Crippen LogP contribution is -2.28. The molecule has 2 nitrogen and oxygen atoms in total. The maximum Gasteiger partial charge on any atom is 0.127 e. The Labute approximate surface area is 125 Å². The predicted molar refractivity (Wildman–Crippen MR) is 82.1 cm³/mol. The highest BCUT2D eigenvalue weighted by Crippen LogP contribution is 2.33. The van der Waals surface area contributed by atoms with Crippen molar-refractivity contribution in [3.05, 3.63) is 65.5 Å². The lowest BCUT2D eigenvalue weighted by molar-refractivity contribution is 0.262. The lowest BCUT2D eigenvalue weighted by atomic mass is 9.92. The van der Waals surface area contributed by atoms with Crippen molar-refractivity contribution < 1.29 is 9.13 Å². The average Bonchev–Trinajstić information content (AvgIpc) is 2.53. The van der Waals surface area contributed by atoms with Crippen LogP contribution in [-0.4, -0.2) is 13.2 Å². The minimum Gasteiger partial charge on any atom is -0.493 e. The molecular weight excluding hydrogens is 265 g/mol. The Balaban J connectivity index is 1.67. The van der Waals surface area contributed by atoms with E-state index in [9.17, 15) is 4.39 Å². The van der Waals surface area contributed by atoms with Crippen molar-refractivity contribution in [1.29, 1.82) is 0 Å². The number of ether oxygens (including phenoxy) is 1. The summed E-state index contributed by atoms with van der Waals surface area (Å²) in [6, 6.07) is 15.1. The van der Waals surface area contributed by atoms with E-state index in [1.807, 2.05) is 37.3 Å². The van der Waals surface area contributed by atoms with Crippen molar-refractivity contribution >= 4 is 0 Å². The van der Waals surface area contributed by atoms with Gasteiger partial charge >= 0.3 is 0 Å². The highest BCUT2D eigenvalue weighted by Gasteiger charge is 2.21. The number of fused-ring (bicyclic) bond motifs is 1. The molecule has 1 aliphatic rings. The first-order valence-corrected chi connectivity index (χ1v) is 7.45. The van der Waals surface area contributed by atoms with Crippen molar-refractivity contribution in [2.75, 3.05) is 13.2 Å². The molecule has 2 unspecified atom stereocenters. The van der Waals surface area contributed by atoms with Gasteiger partial charge in [0.1, 0.15) is 11.6 Å². The summed E-state index contributed by atoms with van der Waals surface area (Å²) < 4.78 is 19.5. The van der Waals surface area contributed by atoms with E-state index < -0.39 is 0 Å². The third-order valence-electron chi connectivity index (χ3n) is 4.12. The van der Waals surface area contributed by atoms with Gasteiger partial charge in [0.05, 0.1) is 6.61 Å². The molecule has 0 amide bonds. The molecule has 1 N–H and O–H groups in total. The van der Waals surface area contributed by atoms with Crippen LogP contribution in [0.4, 0.5) is 4.39 Å². The second-order valence-electron chi connectivity index (χ2n) is 5.52. The summed E-state index contributed by atoms with van der Waals surface area (Å²) in [6.07, 6.45) is 0.994. The van der Waals surface area contributed by atoms with Crippen LogP contribution in [-0.2, 0) is 0 Å². The quantitative estimate of drug-likeness (QED) is 0.915. The van der Waals surface area contributed by atoms with E-state index in [1.54, 1.807) is 6.07 Å². The molecule has 0 aliphatic carbocycles. The molecule has 21 heavy (non-hydrogen) atoms. The Morgan fingerprint density at radius 3 is 2.81 bits per heavy atom. The second kappa shape index (κ2) is 6.27. The van der Waals surface area contributed by atoms with Crippen molar-refractivity contribution in [2.45, 2.75) is 25.3 Å². The van der Waals surface area contributed by atoms with Gasteiger partial charge in [-0.25, -0.2) is 4.39 Å². The van der Waals surface area contributed by atoms with Gasteiger partial charge in [0, 0.05) is 24.1 Å². The fourth-order valence-corrected chi connectivity index (χ4v) is 2.88. The van der Waals surface area contributed by atoms with Gasteiger partial charge in [-0.1, -0.05) is 36.4 Å². The standard InChI is InChI=1S/C18H20FNO/c1-13(15-6-2-4-8-17(15)19)20-12-14-10-11-21-18-9-5-3-7-16(14)18/h2-9,13-14,20H,10-12H2,1H3. The van der Waals surface area contributed by atoms with Crippen molar-refractivity contribution in [1.82, 2.24) is 5.32 Å². The summed E-state index contributed by atoms with van der Waals surface area (Å²) in [5.41, 5.74) is 1.97. The number of hydrogen-bond acceptors (Lipinski definition) is 2. The van der Waals surface area contributed by atoms with Crippen LogP contribution in [0.5, 0.6) is 5.75 Å². The van der Waals surface area contributed by atoms with Gasteiger partial charge < -0.3 is 10.1 Å². The molecule has 110 valence electrons. The van der Waals surface area contributed by atoms with E-state index in [2.05, 4.69) is 11.4 Å². The third kappa shape index (κ3) is 3.08. The first-order chi connectivity index (χ1) is 10.3. The maximum atomic E-state index is 13.8. The summed E-state index contributed by atoms with van der Waals surface area (Å²) in [5, 5.41) is 3.45. The zero-order chi connectivity index (χ0) is 14.7. The minimum atomic E-state index is -0.148. The molecule has 3 heteroatoms. The predicted octanol–water partition coefficient (Wildman–Crippen LogP) is 4.04. The van der Waals surface area contributed by atoms with E-state index in [0.717, 1.165) is 30.9 Å². The van der Waals surface area contributed by atoms with E-state index >= 15 is 0 Å². The van der Waals surface area contributed by atoms with Gasteiger partial charge in [0.2, 0.25) is 0 Å². The molecule has 0 aromatic heterocycles. The van der Waals surface area contributed by atoms with Crippen LogP contribution < -0.4 is 10.1 Å². The molecule has 0 saturated heterocycles. The number of benzene rings is 2. The molecule has 0 saturated carbocycles. The first-order valence-electron chi connectivity index (χ1n) is 7.45. The Hall–Kier alpha value is -1.87. The Morgan fingerprint density at radius 2 is 1.95 bits per heavy atom. The summed E-state index contributed by atoms with van der Waals surface area (Å²) in [6.45, 7) is 3.58. The Bertz CT molecular complexity index is 614. The first kappa shape index (κ1) is 14.1. The monoisotopic (exact) mass is 285 g/mol. The average molecular weight is 285 g/mol. The highest BCUT2D eigenvalue weighted by atomic mass is 19.1. The molecule has 0 bridgehead atoms. The number of rotatable bonds is 4. The molecule has 2 aromatic rings. The maximum absolute atomic E-state index is 13.8. The number of hydrogen-bond donors (Lipinski definition) is 1. The largest absolute Gasteiger partial charge is 0.493 e. The zero-order valence-electron chi connectivity index (χ0n) is 12.2. The lowest BCUT2D eigenvalue weighted by Gasteiger charge is -2.27. The normalized spacial score (nSPS) is 18.7. The van der Waals surface area contributed by atoms with Gasteiger partial charge in [-0.3, -0.25) is 0 Å². The van der Waals surface area contributed by atoms with E-state index in [1.165, 1.54) is 11.6 Å². The molecule has 2 atom stereocenters. The van der Waals surface area contributed by atoms with E-state index in [4.69, 9.17) is 4.74 Å². The third-order valence-corrected chi connectivity index (χ3v) is 4.12. The molecule has 0 spiro atoms. The van der Waals surface area contributed by atoms with Crippen LogP contribution in [0, 0.1) is 5.82 Å². The van der Waals surface area contributed by atoms with Gasteiger partial charge in [-0.15, -0.1) is 0 Å². The van der Waals surface area contributed by atoms with Gasteiger partial charge in [0.25, 0.3) is 0 Å². The van der Waals surface area contributed by atoms with Crippen molar-refractivity contribution in [3.63, 3.8) is 0 Å². The SMILES string of the molecule is CC(NCC1CCOc2ccccc21)c1ccccc1F. The summed E-state index contributed by atoms with van der Waals surface area (Å²) >= 11 is 0. The molecular formula is C18H20FNO. The van der Waals surface area contributed by atoms with Crippen LogP contribution in [0.15, 0.2) is 48.5 Å². The molecule has 0 radical (unpaired) electrons. The molecule has 1 aliphatic heterocycles. The fraction of sp³-hybridized carbons (Fsp3) is 0.333. The Morgan fingerprint density at radius 1 is 1.19 bits per heavy atom. The number of halogens is 1. The van der Waals surface area contributed by atoms with Gasteiger partial charge in [-0.05, 0) is 31.0 Å². The minimum absolute atomic E-state index is 0.00112. The van der Waals surface area contributed by atoms with Crippen LogP contribution >= 0.6 is 0 Å². The molecule has 1 heterocycles. The van der Waals surface area contributed by atoms with Crippen LogP contribution in [0.3, 0.4) is 0 Å². The van der Waals surface area contributed by atoms with Gasteiger partial charge in [-0.2, -0.15) is 0 Å². The van der Waals surface area contributed by atoms with Crippen LogP contribution in [0.25, 0.3) is 0 Å². The summed E-state index contributed by atoms with van der Waals surface area (Å²) in [4.78, 5) is 0. The summed E-state index contributed by atoms with van der Waals surface area (Å²) in [7, 11) is 0. The smallest absolute Gasteiger partial charge is 0.127 e. The Kier molecular flexibility index (Phi) is 4.20. The molecule has 0 fully saturated rings. The van der Waals surface area contributed by atoms with E-state index in [-0.39, 0.29) is 11.9 Å². The van der Waals surface area contributed by atoms with Gasteiger partial charge in [0.15, 0.2) is 0 Å². The zero-order valence-corrected chi connectivity index (χ0v) is 12.2. The van der Waals surface area contributed by atoms with Crippen LogP contribution in [0.1, 0.15) is 36.4 Å². The fourth-order valence-electron chi connectivity index (χ4n) is 2.88. The topological polar surface area (TPSA) is 21.3 Å². The van der Waals surface area contributed by atoms with Crippen LogP contribution in [0.2, 0.25) is 0 Å². The molecule has 3 rings (SSSR count). The highest BCUT2D eigenvalue weighted by molar-refractivity contribution is 5.38. The number of para-hydroxylation sites is 1. The van der Waals surface area contributed by atoms with E-state index in [0.29, 0.717) is 5.92 Å².